The quantitative estimate of drug-likeness (QED) is 0.616. The smallest absolute Gasteiger partial charge is 0.315 e. The number of hydrogen-bond donors (Lipinski definition) is 0. The molecule has 1 atom stereocenters. The highest BCUT2D eigenvalue weighted by Gasteiger charge is 2.69. The molecule has 114 valence electrons. The fourth-order valence-corrected chi connectivity index (χ4v) is 2.65. The van der Waals surface area contributed by atoms with E-state index in [1.807, 2.05) is 30.3 Å². The first kappa shape index (κ1) is 16.1. The molecular weight excluding hydrogens is 313 g/mol. The average Bonchev–Trinajstić information content (AvgIpc) is 2.97. The van der Waals surface area contributed by atoms with Crippen LogP contribution in [0.15, 0.2) is 30.3 Å². The van der Waals surface area contributed by atoms with E-state index < -0.39 is 15.7 Å². The van der Waals surface area contributed by atoms with Crippen LogP contribution in [0.5, 0.6) is 0 Å². The molecule has 1 amide bonds. The molecule has 0 N–H and O–H groups in total. The highest BCUT2D eigenvalue weighted by Crippen LogP contribution is 2.64. The summed E-state index contributed by atoms with van der Waals surface area (Å²) in [6, 6.07) is 9.57. The molecule has 0 spiro atoms. The van der Waals surface area contributed by atoms with Crippen molar-refractivity contribution in [2.75, 3.05) is 13.7 Å². The minimum atomic E-state index is -1.08. The molecule has 0 bridgehead atoms. The van der Waals surface area contributed by atoms with Gasteiger partial charge in [0, 0.05) is 20.0 Å². The molecule has 0 saturated heterocycles. The van der Waals surface area contributed by atoms with Crippen LogP contribution in [-0.4, -0.2) is 34.8 Å². The molecule has 0 heterocycles. The Bertz CT molecular complexity index is 547. The van der Waals surface area contributed by atoms with E-state index in [0.29, 0.717) is 13.0 Å². The maximum atomic E-state index is 11.9. The number of nitrogens with zero attached hydrogens (tertiary/aromatic N) is 1. The van der Waals surface area contributed by atoms with Crippen molar-refractivity contribution in [3.8, 4) is 0 Å². The molecule has 0 aliphatic heterocycles. The fraction of sp³-hybridized carbons (Fsp3) is 0.467. The number of rotatable bonds is 5. The predicted octanol–water partition coefficient (Wildman–Crippen LogP) is 2.77. The molecule has 0 radical (unpaired) electrons. The number of carbonyl (C=O) groups excluding carboxylic acids is 2. The van der Waals surface area contributed by atoms with Gasteiger partial charge >= 0.3 is 5.97 Å². The van der Waals surface area contributed by atoms with Crippen LogP contribution >= 0.6 is 23.2 Å². The molecule has 1 saturated carbocycles. The summed E-state index contributed by atoms with van der Waals surface area (Å²) in [5, 5.41) is 0. The molecule has 1 aliphatic carbocycles. The van der Waals surface area contributed by atoms with E-state index in [2.05, 4.69) is 0 Å². The molecule has 6 heteroatoms. The second-order valence-electron chi connectivity index (χ2n) is 5.52. The lowest BCUT2D eigenvalue weighted by atomic mass is 10.1. The van der Waals surface area contributed by atoms with Crippen molar-refractivity contribution in [3.63, 3.8) is 0 Å². The van der Waals surface area contributed by atoms with Gasteiger partial charge in [-0.05, 0) is 12.5 Å². The van der Waals surface area contributed by atoms with Gasteiger partial charge in [-0.3, -0.25) is 9.59 Å². The first-order valence-corrected chi connectivity index (χ1v) is 7.35. The second kappa shape index (κ2) is 5.85. The zero-order valence-corrected chi connectivity index (χ0v) is 13.4. The van der Waals surface area contributed by atoms with Gasteiger partial charge in [0.15, 0.2) is 6.61 Å². The average molecular weight is 330 g/mol. The molecule has 21 heavy (non-hydrogen) atoms. The molecular formula is C15H17Cl2NO3. The molecule has 4 nitrogen and oxygen atoms in total. The number of likely N-dealkylation sites (N-methyl/N-ethyl adjacent to an activating group) is 1. The van der Waals surface area contributed by atoms with E-state index in [-0.39, 0.29) is 12.5 Å². The number of esters is 1. The summed E-state index contributed by atoms with van der Waals surface area (Å²) >= 11 is 11.8. The Morgan fingerprint density at radius 2 is 1.86 bits per heavy atom. The van der Waals surface area contributed by atoms with Crippen LogP contribution < -0.4 is 0 Å². The summed E-state index contributed by atoms with van der Waals surface area (Å²) < 4.78 is 3.95. The summed E-state index contributed by atoms with van der Waals surface area (Å²) in [5.74, 6) is -0.805. The molecule has 1 aromatic carbocycles. The van der Waals surface area contributed by atoms with E-state index in [9.17, 15) is 9.59 Å². The van der Waals surface area contributed by atoms with Crippen molar-refractivity contribution in [2.45, 2.75) is 24.2 Å². The molecule has 1 unspecified atom stereocenters. The van der Waals surface area contributed by atoms with Gasteiger partial charge in [0.2, 0.25) is 0 Å². The molecule has 0 aromatic heterocycles. The molecule has 1 aromatic rings. The van der Waals surface area contributed by atoms with Crippen molar-refractivity contribution >= 4 is 35.1 Å². The van der Waals surface area contributed by atoms with Crippen LogP contribution in [0.4, 0.5) is 0 Å². The molecule has 2 rings (SSSR count). The van der Waals surface area contributed by atoms with Crippen molar-refractivity contribution in [3.05, 3.63) is 35.9 Å². The Kier molecular flexibility index (Phi) is 4.49. The zero-order chi connectivity index (χ0) is 15.7. The van der Waals surface area contributed by atoms with Gasteiger partial charge in [0.05, 0.1) is 0 Å². The van der Waals surface area contributed by atoms with Gasteiger partial charge < -0.3 is 9.64 Å². The van der Waals surface area contributed by atoms with Crippen LogP contribution in [0, 0.1) is 5.41 Å². The summed E-state index contributed by atoms with van der Waals surface area (Å²) in [7, 11) is 1.66. The van der Waals surface area contributed by atoms with E-state index in [1.165, 1.54) is 4.90 Å². The number of benzene rings is 1. The Morgan fingerprint density at radius 3 is 2.38 bits per heavy atom. The Morgan fingerprint density at radius 1 is 1.29 bits per heavy atom. The SMILES string of the molecule is CN(Cc1ccccc1)C(=O)COC(=O)C1(C)CC1(Cl)Cl. The summed E-state index contributed by atoms with van der Waals surface area (Å²) in [4.78, 5) is 25.3. The van der Waals surface area contributed by atoms with Gasteiger partial charge in [-0.1, -0.05) is 30.3 Å². The number of hydrogen-bond acceptors (Lipinski definition) is 3. The van der Waals surface area contributed by atoms with Gasteiger partial charge in [0.25, 0.3) is 5.91 Å². The Labute approximate surface area is 134 Å². The number of ether oxygens (including phenoxy) is 1. The van der Waals surface area contributed by atoms with Crippen LogP contribution in [0.25, 0.3) is 0 Å². The summed E-state index contributed by atoms with van der Waals surface area (Å²) in [6.45, 7) is 1.79. The van der Waals surface area contributed by atoms with Gasteiger partial charge in [0.1, 0.15) is 9.75 Å². The monoisotopic (exact) mass is 329 g/mol. The number of carbonyl (C=O) groups is 2. The van der Waals surface area contributed by atoms with E-state index >= 15 is 0 Å². The predicted molar refractivity (Wildman–Crippen MR) is 81.0 cm³/mol. The highest BCUT2D eigenvalue weighted by atomic mass is 35.5. The van der Waals surface area contributed by atoms with Crippen LogP contribution in [0.2, 0.25) is 0 Å². The van der Waals surface area contributed by atoms with Crippen LogP contribution in [0.1, 0.15) is 18.9 Å². The van der Waals surface area contributed by atoms with Crippen LogP contribution in [-0.2, 0) is 20.9 Å². The number of halogens is 2. The van der Waals surface area contributed by atoms with Crippen molar-refractivity contribution in [2.24, 2.45) is 5.41 Å². The van der Waals surface area contributed by atoms with Gasteiger partial charge in [-0.2, -0.15) is 0 Å². The minimum Gasteiger partial charge on any atom is -0.455 e. The topological polar surface area (TPSA) is 46.6 Å². The third kappa shape index (κ3) is 3.50. The largest absolute Gasteiger partial charge is 0.455 e. The Balaban J connectivity index is 1.81. The van der Waals surface area contributed by atoms with Gasteiger partial charge in [-0.25, -0.2) is 0 Å². The fourth-order valence-electron chi connectivity index (χ4n) is 1.96. The maximum Gasteiger partial charge on any atom is 0.315 e. The first-order valence-electron chi connectivity index (χ1n) is 6.59. The van der Waals surface area contributed by atoms with Crippen molar-refractivity contribution < 1.29 is 14.3 Å². The summed E-state index contributed by atoms with van der Waals surface area (Å²) in [5.41, 5.74) is 0.100. The van der Waals surface area contributed by atoms with Crippen molar-refractivity contribution in [1.82, 2.24) is 4.90 Å². The first-order chi connectivity index (χ1) is 9.76. The highest BCUT2D eigenvalue weighted by molar-refractivity contribution is 6.53. The Hall–Kier alpha value is -1.26. The number of amides is 1. The molecule has 1 aliphatic rings. The summed E-state index contributed by atoms with van der Waals surface area (Å²) in [6.07, 6.45) is 0.343. The van der Waals surface area contributed by atoms with Crippen molar-refractivity contribution in [1.29, 1.82) is 0 Å². The third-order valence-electron chi connectivity index (χ3n) is 3.72. The number of alkyl halides is 2. The van der Waals surface area contributed by atoms with E-state index in [0.717, 1.165) is 5.56 Å². The normalized spacial score (nSPS) is 22.5. The lowest BCUT2D eigenvalue weighted by Gasteiger charge is -2.18. The van der Waals surface area contributed by atoms with Gasteiger partial charge in [-0.15, -0.1) is 23.2 Å². The third-order valence-corrected chi connectivity index (χ3v) is 4.82. The maximum absolute atomic E-state index is 11.9. The van der Waals surface area contributed by atoms with E-state index in [1.54, 1.807) is 14.0 Å². The minimum absolute atomic E-state index is 0.272. The van der Waals surface area contributed by atoms with E-state index in [4.69, 9.17) is 27.9 Å². The standard InChI is InChI=1S/C15H17Cl2NO3/c1-14(10-15(14,16)17)13(20)21-9-12(19)18(2)8-11-6-4-3-5-7-11/h3-7H,8-10H2,1-2H3. The second-order valence-corrected chi connectivity index (χ2v) is 7.01. The molecule has 1 fully saturated rings. The zero-order valence-electron chi connectivity index (χ0n) is 11.9. The van der Waals surface area contributed by atoms with Crippen LogP contribution in [0.3, 0.4) is 0 Å². The lowest BCUT2D eigenvalue weighted by molar-refractivity contribution is -0.156. The lowest BCUT2D eigenvalue weighted by Crippen LogP contribution is -2.32.